The summed E-state index contributed by atoms with van der Waals surface area (Å²) >= 11 is 0. The fraction of sp³-hybridized carbons (Fsp3) is 0.0870. The van der Waals surface area contributed by atoms with Crippen LogP contribution in [0.4, 0.5) is 5.82 Å². The van der Waals surface area contributed by atoms with E-state index in [0.717, 1.165) is 27.7 Å². The average molecular weight is 412 g/mol. The maximum absolute atomic E-state index is 11.6. The van der Waals surface area contributed by atoms with E-state index in [4.69, 9.17) is 10.5 Å². The number of hydrogen-bond acceptors (Lipinski definition) is 5. The smallest absolute Gasteiger partial charge is 0.257 e. The summed E-state index contributed by atoms with van der Waals surface area (Å²) in [4.78, 5) is 16.0. The average Bonchev–Trinajstić information content (AvgIpc) is 3.45. The summed E-state index contributed by atoms with van der Waals surface area (Å²) in [5, 5.41) is 7.84. The number of nitrogens with two attached hydrogens (primary N) is 1. The van der Waals surface area contributed by atoms with Gasteiger partial charge >= 0.3 is 0 Å². The number of carbonyl (C=O) groups excluding carboxylic acids is 1. The molecule has 0 aliphatic heterocycles. The van der Waals surface area contributed by atoms with Gasteiger partial charge in [-0.25, -0.2) is 4.98 Å². The number of carbonyl (C=O) groups is 1. The number of likely N-dealkylation sites (N-methyl/N-ethyl adjacent to an activating group) is 1. The van der Waals surface area contributed by atoms with Crippen LogP contribution >= 0.6 is 0 Å². The fourth-order valence-corrected chi connectivity index (χ4v) is 3.63. The first-order valence-electron chi connectivity index (χ1n) is 9.78. The highest BCUT2D eigenvalue weighted by Crippen LogP contribution is 2.32. The highest BCUT2D eigenvalue weighted by Gasteiger charge is 2.13. The van der Waals surface area contributed by atoms with Crippen molar-refractivity contribution in [2.45, 2.75) is 0 Å². The van der Waals surface area contributed by atoms with Gasteiger partial charge in [-0.3, -0.25) is 4.79 Å². The summed E-state index contributed by atoms with van der Waals surface area (Å²) in [7, 11) is 1.58. The van der Waals surface area contributed by atoms with Crippen molar-refractivity contribution >= 4 is 28.3 Å². The number of para-hydroxylation sites is 2. The number of fused-ring (bicyclic) bond motifs is 2. The predicted octanol–water partition coefficient (Wildman–Crippen LogP) is 3.05. The number of aromatic nitrogens is 4. The Hall–Kier alpha value is -4.33. The number of nitrogens with one attached hydrogen (secondary N) is 1. The molecule has 0 aliphatic carbocycles. The van der Waals surface area contributed by atoms with Gasteiger partial charge in [-0.15, -0.1) is 0 Å². The van der Waals surface area contributed by atoms with Crippen LogP contribution in [-0.2, 0) is 4.79 Å². The van der Waals surface area contributed by atoms with Crippen molar-refractivity contribution < 1.29 is 9.53 Å². The molecule has 0 saturated heterocycles. The lowest BCUT2D eigenvalue weighted by molar-refractivity contribution is -0.122. The number of amides is 1. The van der Waals surface area contributed by atoms with Crippen LogP contribution in [0.5, 0.6) is 5.75 Å². The number of nitrogen functional groups attached to an aromatic ring is 1. The monoisotopic (exact) mass is 412 g/mol. The zero-order valence-electron chi connectivity index (χ0n) is 16.8. The van der Waals surface area contributed by atoms with Crippen LogP contribution in [-0.4, -0.2) is 38.7 Å². The maximum atomic E-state index is 11.6. The van der Waals surface area contributed by atoms with Crippen molar-refractivity contribution in [2.24, 2.45) is 0 Å². The standard InChI is InChI=1S/C23H20N6O2/c1-25-22(30)14-31-20-5-3-2-4-19(20)28-11-9-16-12-15(6-7-18(16)28)17-13-26-21-8-10-27-29(21)23(17)24/h2-13H,14,24H2,1H3,(H,25,30). The number of anilines is 1. The minimum Gasteiger partial charge on any atom is -0.482 e. The minimum absolute atomic E-state index is 0.0426. The van der Waals surface area contributed by atoms with Crippen molar-refractivity contribution in [3.63, 3.8) is 0 Å². The SMILES string of the molecule is CNC(=O)COc1ccccc1-n1ccc2cc(-c3cnc4ccnn4c3N)ccc21. The van der Waals surface area contributed by atoms with E-state index in [0.29, 0.717) is 17.2 Å². The molecule has 0 fully saturated rings. The molecule has 3 N–H and O–H groups in total. The van der Waals surface area contributed by atoms with E-state index in [2.05, 4.69) is 21.5 Å². The Morgan fingerprint density at radius 2 is 2.03 bits per heavy atom. The third-order valence-corrected chi connectivity index (χ3v) is 5.22. The van der Waals surface area contributed by atoms with Gasteiger partial charge in [0.15, 0.2) is 12.3 Å². The number of rotatable bonds is 5. The largest absolute Gasteiger partial charge is 0.482 e. The van der Waals surface area contributed by atoms with Crippen LogP contribution in [0.2, 0.25) is 0 Å². The molecule has 0 radical (unpaired) electrons. The molecule has 5 aromatic rings. The van der Waals surface area contributed by atoms with Crippen molar-refractivity contribution in [1.29, 1.82) is 0 Å². The molecule has 5 rings (SSSR count). The van der Waals surface area contributed by atoms with Crippen LogP contribution < -0.4 is 15.8 Å². The van der Waals surface area contributed by atoms with Gasteiger partial charge in [0.05, 0.1) is 17.4 Å². The Kier molecular flexibility index (Phi) is 4.51. The molecular formula is C23H20N6O2. The maximum Gasteiger partial charge on any atom is 0.257 e. The first-order valence-corrected chi connectivity index (χ1v) is 9.78. The summed E-state index contributed by atoms with van der Waals surface area (Å²) in [6.07, 6.45) is 5.43. The third kappa shape index (κ3) is 3.24. The molecule has 0 unspecified atom stereocenters. The second-order valence-corrected chi connectivity index (χ2v) is 7.05. The van der Waals surface area contributed by atoms with E-state index in [1.54, 1.807) is 24.0 Å². The van der Waals surface area contributed by atoms with E-state index < -0.39 is 0 Å². The molecule has 2 aromatic carbocycles. The molecule has 0 aliphatic rings. The van der Waals surface area contributed by atoms with E-state index in [1.807, 2.05) is 59.3 Å². The number of nitrogens with zero attached hydrogens (tertiary/aromatic N) is 4. The predicted molar refractivity (Wildman–Crippen MR) is 119 cm³/mol. The van der Waals surface area contributed by atoms with Crippen molar-refractivity contribution in [2.75, 3.05) is 19.4 Å². The molecule has 0 bridgehead atoms. The highest BCUT2D eigenvalue weighted by atomic mass is 16.5. The zero-order chi connectivity index (χ0) is 21.4. The molecule has 8 nitrogen and oxygen atoms in total. The zero-order valence-corrected chi connectivity index (χ0v) is 16.8. The molecule has 154 valence electrons. The number of benzene rings is 2. The summed E-state index contributed by atoms with van der Waals surface area (Å²) in [5.41, 5.74) is 10.7. The Balaban J connectivity index is 1.55. The molecule has 1 amide bonds. The normalized spacial score (nSPS) is 11.1. The second kappa shape index (κ2) is 7.49. The van der Waals surface area contributed by atoms with E-state index in [9.17, 15) is 4.79 Å². The Labute approximate surface area is 177 Å². The lowest BCUT2D eigenvalue weighted by atomic mass is 10.1. The van der Waals surface area contributed by atoms with Gasteiger partial charge in [0.25, 0.3) is 5.91 Å². The van der Waals surface area contributed by atoms with Crippen molar-refractivity contribution in [1.82, 2.24) is 24.5 Å². The molecular weight excluding hydrogens is 392 g/mol. The van der Waals surface area contributed by atoms with Gasteiger partial charge in [0.1, 0.15) is 11.6 Å². The topological polar surface area (TPSA) is 99.5 Å². The quantitative estimate of drug-likeness (QED) is 0.462. The lowest BCUT2D eigenvalue weighted by Gasteiger charge is -2.13. The van der Waals surface area contributed by atoms with E-state index in [-0.39, 0.29) is 12.5 Å². The molecule has 8 heteroatoms. The first-order chi connectivity index (χ1) is 15.2. The Morgan fingerprint density at radius 1 is 1.16 bits per heavy atom. The summed E-state index contributed by atoms with van der Waals surface area (Å²) in [5.74, 6) is 0.990. The fourth-order valence-electron chi connectivity index (χ4n) is 3.63. The van der Waals surface area contributed by atoms with E-state index in [1.165, 1.54) is 0 Å². The first kappa shape index (κ1) is 18.7. The van der Waals surface area contributed by atoms with Crippen LogP contribution in [0.15, 0.2) is 73.2 Å². The molecule has 0 spiro atoms. The molecule has 31 heavy (non-hydrogen) atoms. The van der Waals surface area contributed by atoms with Crippen LogP contribution in [0.1, 0.15) is 0 Å². The van der Waals surface area contributed by atoms with Crippen molar-refractivity contribution in [3.8, 4) is 22.6 Å². The minimum atomic E-state index is -0.183. The molecule has 3 aromatic heterocycles. The van der Waals surface area contributed by atoms with Gasteiger partial charge in [0.2, 0.25) is 0 Å². The van der Waals surface area contributed by atoms with Crippen LogP contribution in [0, 0.1) is 0 Å². The van der Waals surface area contributed by atoms with Crippen molar-refractivity contribution in [3.05, 3.63) is 73.2 Å². The van der Waals surface area contributed by atoms with Gasteiger partial charge < -0.3 is 20.4 Å². The summed E-state index contributed by atoms with van der Waals surface area (Å²) in [6.45, 7) is -0.0426. The molecule has 0 saturated carbocycles. The molecule has 0 atom stereocenters. The van der Waals surface area contributed by atoms with Gasteiger partial charge in [-0.1, -0.05) is 18.2 Å². The van der Waals surface area contributed by atoms with Crippen LogP contribution in [0.25, 0.3) is 33.4 Å². The third-order valence-electron chi connectivity index (χ3n) is 5.22. The van der Waals surface area contributed by atoms with Gasteiger partial charge in [-0.2, -0.15) is 9.61 Å². The van der Waals surface area contributed by atoms with E-state index >= 15 is 0 Å². The van der Waals surface area contributed by atoms with Crippen LogP contribution in [0.3, 0.4) is 0 Å². The second-order valence-electron chi connectivity index (χ2n) is 7.05. The summed E-state index contributed by atoms with van der Waals surface area (Å²) in [6, 6.07) is 17.6. The Bertz CT molecular complexity index is 1420. The van der Waals surface area contributed by atoms with Gasteiger partial charge in [0, 0.05) is 36.5 Å². The summed E-state index contributed by atoms with van der Waals surface area (Å²) < 4.78 is 9.41. The highest BCUT2D eigenvalue weighted by molar-refractivity contribution is 5.89. The number of hydrogen-bond donors (Lipinski definition) is 2. The number of ether oxygens (including phenoxy) is 1. The Morgan fingerprint density at radius 3 is 2.90 bits per heavy atom. The lowest BCUT2D eigenvalue weighted by Crippen LogP contribution is -2.25. The van der Waals surface area contributed by atoms with Gasteiger partial charge in [-0.05, 0) is 35.9 Å². The molecule has 3 heterocycles.